The topological polar surface area (TPSA) is 43.4 Å². The third-order valence-corrected chi connectivity index (χ3v) is 2.38. The van der Waals surface area contributed by atoms with Crippen molar-refractivity contribution in [2.75, 3.05) is 26.6 Å². The molecule has 0 aliphatic carbocycles. The Morgan fingerprint density at radius 1 is 1.50 bits per heavy atom. The van der Waals surface area contributed by atoms with Crippen molar-refractivity contribution < 1.29 is 14.1 Å². The van der Waals surface area contributed by atoms with Gasteiger partial charge in [-0.25, -0.2) is 0 Å². The number of rotatable bonds is 3. The number of ether oxygens (including phenoxy) is 1. The third kappa shape index (κ3) is 5.83. The largest absolute Gasteiger partial charge is 0.469 e. The first kappa shape index (κ1) is 9.70. The molecule has 3 nitrogen and oxygen atoms in total. The number of hydrogen-bond acceptors (Lipinski definition) is 3. The van der Waals surface area contributed by atoms with Gasteiger partial charge in [0.05, 0.1) is 20.7 Å². The summed E-state index contributed by atoms with van der Waals surface area (Å²) in [4.78, 5) is 10.5. The molecular weight excluding hydrogens is 151 g/mol. The van der Waals surface area contributed by atoms with Crippen molar-refractivity contribution in [1.29, 1.82) is 0 Å². The van der Waals surface area contributed by atoms with E-state index in [-0.39, 0.29) is 12.4 Å². The Balaban J connectivity index is 3.56. The van der Waals surface area contributed by atoms with Crippen LogP contribution in [0, 0.1) is 0 Å². The zero-order chi connectivity index (χ0) is 8.20. The summed E-state index contributed by atoms with van der Waals surface area (Å²) in [5, 5.41) is 0. The minimum absolute atomic E-state index is 0.265. The van der Waals surface area contributed by atoms with Gasteiger partial charge in [-0.15, -0.1) is 0 Å². The van der Waals surface area contributed by atoms with Crippen molar-refractivity contribution >= 4 is 13.1 Å². The highest BCUT2D eigenvalue weighted by Gasteiger charge is 2.09. The molecule has 0 heterocycles. The summed E-state index contributed by atoms with van der Waals surface area (Å²) in [5.41, 5.74) is 0. The van der Waals surface area contributed by atoms with E-state index in [2.05, 4.69) is 4.74 Å². The number of carbonyl (C=O) groups is 1. The van der Waals surface area contributed by atoms with Crippen molar-refractivity contribution in [2.45, 2.75) is 6.42 Å². The van der Waals surface area contributed by atoms with Gasteiger partial charge in [-0.05, 0) is 13.3 Å². The molecule has 0 rings (SSSR count). The molecule has 0 aromatic heterocycles. The van der Waals surface area contributed by atoms with Crippen LogP contribution >= 0.6 is 7.14 Å². The highest BCUT2D eigenvalue weighted by atomic mass is 31.2. The number of carbonyl (C=O) groups excluding carboxylic acids is 1. The smallest absolute Gasteiger partial charge is 0.305 e. The van der Waals surface area contributed by atoms with E-state index in [9.17, 15) is 9.36 Å². The summed E-state index contributed by atoms with van der Waals surface area (Å²) >= 11 is 0. The second-order valence-electron chi connectivity index (χ2n) is 2.62. The molecule has 0 bridgehead atoms. The average Bonchev–Trinajstić information content (AvgIpc) is 1.81. The molecule has 0 unspecified atom stereocenters. The van der Waals surface area contributed by atoms with Gasteiger partial charge in [0.2, 0.25) is 0 Å². The van der Waals surface area contributed by atoms with Crippen molar-refractivity contribution in [1.82, 2.24) is 0 Å². The van der Waals surface area contributed by atoms with Crippen LogP contribution in [-0.4, -0.2) is 32.6 Å². The van der Waals surface area contributed by atoms with E-state index < -0.39 is 7.14 Å². The Morgan fingerprint density at radius 2 is 2.00 bits per heavy atom. The van der Waals surface area contributed by atoms with E-state index >= 15 is 0 Å². The lowest BCUT2D eigenvalue weighted by Crippen LogP contribution is -2.02. The summed E-state index contributed by atoms with van der Waals surface area (Å²) in [6.45, 7) is 3.33. The maximum absolute atomic E-state index is 11.0. The minimum atomic E-state index is -2.03. The molecule has 0 saturated carbocycles. The Bertz CT molecular complexity index is 158. The van der Waals surface area contributed by atoms with Crippen molar-refractivity contribution in [3.63, 3.8) is 0 Å². The van der Waals surface area contributed by atoms with Crippen molar-refractivity contribution in [2.24, 2.45) is 0 Å². The average molecular weight is 164 g/mol. The molecule has 0 N–H and O–H groups in total. The Kier molecular flexibility index (Phi) is 3.66. The predicted octanol–water partition coefficient (Wildman–Crippen LogP) is 1.17. The van der Waals surface area contributed by atoms with Crippen LogP contribution in [0.1, 0.15) is 6.42 Å². The van der Waals surface area contributed by atoms with Gasteiger partial charge in [-0.3, -0.25) is 4.79 Å². The van der Waals surface area contributed by atoms with E-state index in [4.69, 9.17) is 0 Å². The van der Waals surface area contributed by atoms with Gasteiger partial charge in [0.25, 0.3) is 0 Å². The predicted molar refractivity (Wildman–Crippen MR) is 41.0 cm³/mol. The molecule has 0 spiro atoms. The quantitative estimate of drug-likeness (QED) is 0.464. The molecule has 60 valence electrons. The van der Waals surface area contributed by atoms with Crippen molar-refractivity contribution in [3.05, 3.63) is 0 Å². The monoisotopic (exact) mass is 164 g/mol. The summed E-state index contributed by atoms with van der Waals surface area (Å²) in [6, 6.07) is 0. The molecule has 0 aliphatic rings. The van der Waals surface area contributed by atoms with Crippen LogP contribution < -0.4 is 0 Å². The molecule has 0 fully saturated rings. The maximum Gasteiger partial charge on any atom is 0.305 e. The maximum atomic E-state index is 11.0. The first-order chi connectivity index (χ1) is 4.45. The molecular formula is C6H13O3P. The molecule has 0 atom stereocenters. The molecule has 0 saturated heterocycles. The number of hydrogen-bond donors (Lipinski definition) is 0. The van der Waals surface area contributed by atoms with Crippen LogP contribution in [-0.2, 0) is 14.1 Å². The third-order valence-electron chi connectivity index (χ3n) is 1.08. The first-order valence-corrected chi connectivity index (χ1v) is 5.85. The fourth-order valence-corrected chi connectivity index (χ4v) is 1.18. The highest BCUT2D eigenvalue weighted by molar-refractivity contribution is 7.62. The Morgan fingerprint density at radius 3 is 2.30 bits per heavy atom. The highest BCUT2D eigenvalue weighted by Crippen LogP contribution is 2.36. The lowest BCUT2D eigenvalue weighted by atomic mass is 10.5. The van der Waals surface area contributed by atoms with E-state index in [1.807, 2.05) is 0 Å². The summed E-state index contributed by atoms with van der Waals surface area (Å²) in [7, 11) is -0.702. The van der Waals surface area contributed by atoms with Crippen LogP contribution in [0.3, 0.4) is 0 Å². The van der Waals surface area contributed by atoms with Gasteiger partial charge >= 0.3 is 5.97 Å². The zero-order valence-electron chi connectivity index (χ0n) is 6.59. The fraction of sp³-hybridized carbons (Fsp3) is 0.833. The van der Waals surface area contributed by atoms with E-state index in [1.165, 1.54) is 7.11 Å². The Hall–Kier alpha value is -0.300. The molecule has 0 aliphatic heterocycles. The van der Waals surface area contributed by atoms with Gasteiger partial charge in [0.15, 0.2) is 0 Å². The van der Waals surface area contributed by atoms with E-state index in [0.29, 0.717) is 6.16 Å². The van der Waals surface area contributed by atoms with Crippen molar-refractivity contribution in [3.8, 4) is 0 Å². The molecule has 0 radical (unpaired) electrons. The molecule has 0 amide bonds. The lowest BCUT2D eigenvalue weighted by Gasteiger charge is -2.03. The van der Waals surface area contributed by atoms with Crippen LogP contribution in [0.25, 0.3) is 0 Å². The van der Waals surface area contributed by atoms with Crippen LogP contribution in [0.5, 0.6) is 0 Å². The van der Waals surface area contributed by atoms with Gasteiger partial charge < -0.3 is 9.30 Å². The SMILES string of the molecule is COC(=O)CCP(C)(C)=O. The van der Waals surface area contributed by atoms with Crippen LogP contribution in [0.15, 0.2) is 0 Å². The second-order valence-corrected chi connectivity index (χ2v) is 6.22. The Labute approximate surface area is 61.1 Å². The lowest BCUT2D eigenvalue weighted by molar-refractivity contribution is -0.140. The van der Waals surface area contributed by atoms with Crippen LogP contribution in [0.2, 0.25) is 0 Å². The van der Waals surface area contributed by atoms with Crippen LogP contribution in [0.4, 0.5) is 0 Å². The molecule has 10 heavy (non-hydrogen) atoms. The summed E-state index contributed by atoms with van der Waals surface area (Å²) < 4.78 is 15.4. The molecule has 0 aromatic carbocycles. The standard InChI is InChI=1S/C6H13O3P/c1-9-6(7)4-5-10(2,3)8/h4-5H2,1-3H3. The number of methoxy groups -OCH3 is 1. The minimum Gasteiger partial charge on any atom is -0.469 e. The second kappa shape index (κ2) is 3.77. The molecule has 4 heteroatoms. The fourth-order valence-electron chi connectivity index (χ4n) is 0.463. The summed E-state index contributed by atoms with van der Waals surface area (Å²) in [5.74, 6) is -0.288. The molecule has 0 aromatic rings. The summed E-state index contributed by atoms with van der Waals surface area (Å²) in [6.07, 6.45) is 0.709. The van der Waals surface area contributed by atoms with Gasteiger partial charge in [0, 0.05) is 6.16 Å². The normalized spacial score (nSPS) is 11.1. The number of esters is 1. The van der Waals surface area contributed by atoms with Gasteiger partial charge in [-0.1, -0.05) is 0 Å². The zero-order valence-corrected chi connectivity index (χ0v) is 7.48. The van der Waals surface area contributed by atoms with E-state index in [1.54, 1.807) is 13.3 Å². The first-order valence-electron chi connectivity index (χ1n) is 3.06. The van der Waals surface area contributed by atoms with Gasteiger partial charge in [-0.2, -0.15) is 0 Å². The van der Waals surface area contributed by atoms with Gasteiger partial charge in [0.1, 0.15) is 0 Å². The van der Waals surface area contributed by atoms with E-state index in [0.717, 1.165) is 0 Å².